The molecule has 0 fully saturated rings. The Bertz CT molecular complexity index is 759. The Morgan fingerprint density at radius 1 is 1.09 bits per heavy atom. The molecule has 3 rings (SSSR count). The fourth-order valence-corrected chi connectivity index (χ4v) is 2.55. The van der Waals surface area contributed by atoms with E-state index in [2.05, 4.69) is 22.6 Å². The van der Waals surface area contributed by atoms with Gasteiger partial charge in [-0.2, -0.15) is 0 Å². The summed E-state index contributed by atoms with van der Waals surface area (Å²) in [7, 11) is 0. The van der Waals surface area contributed by atoms with Gasteiger partial charge < -0.3 is 15.6 Å². The first-order valence-corrected chi connectivity index (χ1v) is 7.25. The number of hydrogen-bond donors (Lipinski definition) is 2. The van der Waals surface area contributed by atoms with E-state index in [1.807, 2.05) is 50.2 Å². The van der Waals surface area contributed by atoms with E-state index in [9.17, 15) is 0 Å². The predicted molar refractivity (Wildman–Crippen MR) is 89.6 cm³/mol. The molecule has 4 nitrogen and oxygen atoms in total. The lowest BCUT2D eigenvalue weighted by atomic mass is 10.0. The highest BCUT2D eigenvalue weighted by Gasteiger charge is 2.12. The molecule has 0 aliphatic heterocycles. The van der Waals surface area contributed by atoms with Crippen LogP contribution in [0.1, 0.15) is 17.0 Å². The number of rotatable bonds is 4. The molecule has 0 radical (unpaired) electrons. The summed E-state index contributed by atoms with van der Waals surface area (Å²) in [6.45, 7) is 4.60. The number of nitrogen functional groups attached to an aromatic ring is 1. The summed E-state index contributed by atoms with van der Waals surface area (Å²) in [5, 5.41) is 7.41. The number of aromatic nitrogens is 1. The van der Waals surface area contributed by atoms with Crippen LogP contribution in [0.2, 0.25) is 0 Å². The van der Waals surface area contributed by atoms with Crippen molar-refractivity contribution in [3.8, 4) is 11.1 Å². The number of benzene rings is 2. The van der Waals surface area contributed by atoms with Crippen molar-refractivity contribution in [1.29, 1.82) is 0 Å². The van der Waals surface area contributed by atoms with Crippen molar-refractivity contribution in [2.75, 3.05) is 11.1 Å². The first kappa shape index (κ1) is 14.2. The second kappa shape index (κ2) is 5.93. The minimum Gasteiger partial charge on any atom is -0.397 e. The van der Waals surface area contributed by atoms with Crippen LogP contribution in [0.5, 0.6) is 0 Å². The number of anilines is 2. The molecule has 4 heteroatoms. The maximum Gasteiger partial charge on any atom is 0.141 e. The normalized spacial score (nSPS) is 10.6. The van der Waals surface area contributed by atoms with Gasteiger partial charge in [-0.05, 0) is 37.1 Å². The molecular weight excluding hydrogens is 274 g/mol. The summed E-state index contributed by atoms with van der Waals surface area (Å²) in [5.41, 5.74) is 11.9. The molecule has 3 aromatic rings. The van der Waals surface area contributed by atoms with Gasteiger partial charge in [-0.3, -0.25) is 0 Å². The Balaban J connectivity index is 1.87. The maximum absolute atomic E-state index is 6.08. The molecule has 3 N–H and O–H groups in total. The van der Waals surface area contributed by atoms with E-state index in [4.69, 9.17) is 10.3 Å². The van der Waals surface area contributed by atoms with Crippen LogP contribution in [0.4, 0.5) is 11.4 Å². The zero-order valence-corrected chi connectivity index (χ0v) is 12.8. The molecule has 1 heterocycles. The van der Waals surface area contributed by atoms with E-state index in [1.54, 1.807) is 0 Å². The van der Waals surface area contributed by atoms with Crippen molar-refractivity contribution in [2.45, 2.75) is 20.4 Å². The van der Waals surface area contributed by atoms with Gasteiger partial charge >= 0.3 is 0 Å². The molecule has 0 saturated heterocycles. The van der Waals surface area contributed by atoms with Gasteiger partial charge in [0.1, 0.15) is 5.76 Å². The zero-order chi connectivity index (χ0) is 15.5. The largest absolute Gasteiger partial charge is 0.397 e. The molecule has 0 unspecified atom stereocenters. The molecule has 0 saturated carbocycles. The van der Waals surface area contributed by atoms with Crippen molar-refractivity contribution in [1.82, 2.24) is 5.16 Å². The molecule has 1 aromatic heterocycles. The number of nitrogens with one attached hydrogen (secondary N) is 1. The van der Waals surface area contributed by atoms with Gasteiger partial charge in [-0.25, -0.2) is 0 Å². The van der Waals surface area contributed by atoms with Crippen LogP contribution in [-0.2, 0) is 6.54 Å². The van der Waals surface area contributed by atoms with Crippen LogP contribution in [0.3, 0.4) is 0 Å². The topological polar surface area (TPSA) is 64.1 Å². The van der Waals surface area contributed by atoms with Crippen LogP contribution in [0, 0.1) is 13.8 Å². The lowest BCUT2D eigenvalue weighted by Gasteiger charge is -2.11. The first-order chi connectivity index (χ1) is 10.6. The summed E-state index contributed by atoms with van der Waals surface area (Å²) in [6, 6.07) is 16.2. The number of nitrogens with zero attached hydrogens (tertiary/aromatic N) is 1. The van der Waals surface area contributed by atoms with Gasteiger partial charge in [0.25, 0.3) is 0 Å². The third-order valence-corrected chi connectivity index (χ3v) is 3.70. The standard InChI is InChI=1S/C18H19N3O/c1-12-18(13(2)22-21-12)15-8-9-16(19)17(10-15)20-11-14-6-4-3-5-7-14/h3-10,20H,11,19H2,1-2H3. The van der Waals surface area contributed by atoms with Gasteiger partial charge in [0.15, 0.2) is 0 Å². The van der Waals surface area contributed by atoms with Gasteiger partial charge in [-0.15, -0.1) is 0 Å². The molecule has 0 atom stereocenters. The van der Waals surface area contributed by atoms with E-state index < -0.39 is 0 Å². The fraction of sp³-hybridized carbons (Fsp3) is 0.167. The Morgan fingerprint density at radius 3 is 2.55 bits per heavy atom. The lowest BCUT2D eigenvalue weighted by molar-refractivity contribution is 0.393. The van der Waals surface area contributed by atoms with E-state index in [1.165, 1.54) is 5.56 Å². The smallest absolute Gasteiger partial charge is 0.141 e. The van der Waals surface area contributed by atoms with Gasteiger partial charge in [0, 0.05) is 12.1 Å². The average Bonchev–Trinajstić information content (AvgIpc) is 2.87. The minimum atomic E-state index is 0.728. The SMILES string of the molecule is Cc1noc(C)c1-c1ccc(N)c(NCc2ccccc2)c1. The summed E-state index contributed by atoms with van der Waals surface area (Å²) >= 11 is 0. The van der Waals surface area contributed by atoms with E-state index in [0.717, 1.165) is 40.5 Å². The Hall–Kier alpha value is -2.75. The highest BCUT2D eigenvalue weighted by Crippen LogP contribution is 2.31. The van der Waals surface area contributed by atoms with E-state index in [0.29, 0.717) is 0 Å². The fourth-order valence-electron chi connectivity index (χ4n) is 2.55. The van der Waals surface area contributed by atoms with Crippen molar-refractivity contribution >= 4 is 11.4 Å². The van der Waals surface area contributed by atoms with Crippen molar-refractivity contribution in [3.05, 3.63) is 65.5 Å². The molecule has 112 valence electrons. The van der Waals surface area contributed by atoms with Gasteiger partial charge in [0.2, 0.25) is 0 Å². The molecule has 0 bridgehead atoms. The van der Waals surface area contributed by atoms with Crippen molar-refractivity contribution in [2.24, 2.45) is 0 Å². The summed E-state index contributed by atoms with van der Waals surface area (Å²) in [5.74, 6) is 0.816. The molecule has 2 aromatic carbocycles. The van der Waals surface area contributed by atoms with E-state index >= 15 is 0 Å². The lowest BCUT2D eigenvalue weighted by Crippen LogP contribution is -2.02. The molecule has 0 amide bonds. The zero-order valence-electron chi connectivity index (χ0n) is 12.8. The highest BCUT2D eigenvalue weighted by atomic mass is 16.5. The molecular formula is C18H19N3O. The van der Waals surface area contributed by atoms with Crippen LogP contribution in [-0.4, -0.2) is 5.16 Å². The predicted octanol–water partition coefficient (Wildman–Crippen LogP) is 4.15. The molecule has 22 heavy (non-hydrogen) atoms. The Labute approximate surface area is 129 Å². The van der Waals surface area contributed by atoms with Crippen LogP contribution < -0.4 is 11.1 Å². The molecule has 0 spiro atoms. The maximum atomic E-state index is 6.08. The second-order valence-corrected chi connectivity index (χ2v) is 5.34. The summed E-state index contributed by atoms with van der Waals surface area (Å²) in [6.07, 6.45) is 0. The van der Waals surface area contributed by atoms with Crippen LogP contribution in [0.25, 0.3) is 11.1 Å². The van der Waals surface area contributed by atoms with Crippen LogP contribution in [0.15, 0.2) is 53.1 Å². The van der Waals surface area contributed by atoms with Gasteiger partial charge in [0.05, 0.1) is 17.1 Å². The summed E-state index contributed by atoms with van der Waals surface area (Å²) in [4.78, 5) is 0. The third kappa shape index (κ3) is 2.81. The number of aryl methyl sites for hydroxylation is 2. The first-order valence-electron chi connectivity index (χ1n) is 7.25. The number of hydrogen-bond acceptors (Lipinski definition) is 4. The second-order valence-electron chi connectivity index (χ2n) is 5.34. The Morgan fingerprint density at radius 2 is 1.86 bits per heavy atom. The third-order valence-electron chi connectivity index (χ3n) is 3.70. The monoisotopic (exact) mass is 293 g/mol. The number of nitrogens with two attached hydrogens (primary N) is 1. The molecule has 0 aliphatic carbocycles. The molecule has 0 aliphatic rings. The average molecular weight is 293 g/mol. The van der Waals surface area contributed by atoms with Crippen molar-refractivity contribution in [3.63, 3.8) is 0 Å². The quantitative estimate of drug-likeness (QED) is 0.709. The minimum absolute atomic E-state index is 0.728. The highest BCUT2D eigenvalue weighted by molar-refractivity contribution is 5.77. The van der Waals surface area contributed by atoms with Crippen LogP contribution >= 0.6 is 0 Å². The van der Waals surface area contributed by atoms with E-state index in [-0.39, 0.29) is 0 Å². The summed E-state index contributed by atoms with van der Waals surface area (Å²) < 4.78 is 5.25. The Kier molecular flexibility index (Phi) is 3.83. The van der Waals surface area contributed by atoms with Crippen molar-refractivity contribution < 1.29 is 4.52 Å². The van der Waals surface area contributed by atoms with Gasteiger partial charge in [-0.1, -0.05) is 41.6 Å².